The number of hydrogen-bond donors (Lipinski definition) is 1. The van der Waals surface area contributed by atoms with Crippen LogP contribution in [-0.2, 0) is 39.8 Å². The van der Waals surface area contributed by atoms with Gasteiger partial charge in [-0.25, -0.2) is 8.42 Å². The molecule has 0 spiro atoms. The second kappa shape index (κ2) is 10.3. The molecule has 0 aliphatic heterocycles. The van der Waals surface area contributed by atoms with Crippen molar-refractivity contribution >= 4 is 43.8 Å². The Bertz CT molecular complexity index is 1350. The van der Waals surface area contributed by atoms with Crippen LogP contribution in [0.2, 0.25) is 0 Å². The molecule has 0 saturated heterocycles. The van der Waals surface area contributed by atoms with Gasteiger partial charge in [0.05, 0.1) is 16.2 Å². The van der Waals surface area contributed by atoms with Gasteiger partial charge in [-0.1, -0.05) is 29.5 Å². The van der Waals surface area contributed by atoms with Gasteiger partial charge in [0.1, 0.15) is 22.6 Å². The fourth-order valence-electron chi connectivity index (χ4n) is 3.91. The number of thioether (sulfide) groups is 1. The number of thiophene rings is 1. The lowest BCUT2D eigenvalue weighted by Crippen LogP contribution is -2.15. The van der Waals surface area contributed by atoms with Gasteiger partial charge in [-0.15, -0.1) is 21.5 Å². The Morgan fingerprint density at radius 2 is 1.97 bits per heavy atom. The molecule has 0 bridgehead atoms. The van der Waals surface area contributed by atoms with E-state index in [0.29, 0.717) is 28.1 Å². The molecule has 0 radical (unpaired) electrons. The standard InChI is InChI=1S/C23H25N5O3S3/c1-3-28-20(14-34(30,31)16-10-8-15(2)9-11-16)26-27-23(28)32-13-21(29)25-22-18(12-24)17-6-4-5-7-19(17)33-22/h8-11H,3-7,13-14H2,1-2H3,(H,25,29). The number of nitriles is 1. The zero-order valence-corrected chi connectivity index (χ0v) is 21.4. The number of amides is 1. The van der Waals surface area contributed by atoms with Crippen LogP contribution >= 0.6 is 23.1 Å². The van der Waals surface area contributed by atoms with E-state index in [2.05, 4.69) is 21.6 Å². The van der Waals surface area contributed by atoms with E-state index in [4.69, 9.17) is 0 Å². The minimum Gasteiger partial charge on any atom is -0.316 e. The summed E-state index contributed by atoms with van der Waals surface area (Å²) in [6, 6.07) is 8.96. The normalized spacial score (nSPS) is 13.3. The van der Waals surface area contributed by atoms with Crippen molar-refractivity contribution in [2.45, 2.75) is 61.9 Å². The minimum absolute atomic E-state index is 0.0796. The van der Waals surface area contributed by atoms with Gasteiger partial charge in [0.2, 0.25) is 5.91 Å². The summed E-state index contributed by atoms with van der Waals surface area (Å²) in [5, 5.41) is 21.8. The van der Waals surface area contributed by atoms with Crippen LogP contribution in [0.1, 0.15) is 47.2 Å². The van der Waals surface area contributed by atoms with Crippen molar-refractivity contribution in [1.82, 2.24) is 14.8 Å². The van der Waals surface area contributed by atoms with Crippen LogP contribution in [0.5, 0.6) is 0 Å². The van der Waals surface area contributed by atoms with Crippen LogP contribution < -0.4 is 5.32 Å². The Hall–Kier alpha value is -2.68. The molecule has 1 aromatic carbocycles. The largest absolute Gasteiger partial charge is 0.316 e. The zero-order valence-electron chi connectivity index (χ0n) is 19.0. The molecule has 2 heterocycles. The van der Waals surface area contributed by atoms with Crippen molar-refractivity contribution in [3.8, 4) is 6.07 Å². The Kier molecular flexibility index (Phi) is 7.40. The Morgan fingerprint density at radius 3 is 2.68 bits per heavy atom. The van der Waals surface area contributed by atoms with Crippen LogP contribution in [0.4, 0.5) is 5.00 Å². The molecule has 8 nitrogen and oxygen atoms in total. The molecule has 34 heavy (non-hydrogen) atoms. The van der Waals surface area contributed by atoms with E-state index in [1.165, 1.54) is 28.0 Å². The molecule has 178 valence electrons. The van der Waals surface area contributed by atoms with Gasteiger partial charge in [-0.05, 0) is 57.2 Å². The monoisotopic (exact) mass is 515 g/mol. The summed E-state index contributed by atoms with van der Waals surface area (Å²) in [5.74, 6) is -0.0880. The molecule has 2 aromatic heterocycles. The summed E-state index contributed by atoms with van der Waals surface area (Å²) >= 11 is 2.69. The van der Waals surface area contributed by atoms with E-state index in [1.807, 2.05) is 13.8 Å². The molecule has 0 fully saturated rings. The van der Waals surface area contributed by atoms with Crippen LogP contribution in [0.15, 0.2) is 34.3 Å². The number of sulfone groups is 1. The fourth-order valence-corrected chi connectivity index (χ4v) is 7.26. The quantitative estimate of drug-likeness (QED) is 0.448. The van der Waals surface area contributed by atoms with E-state index in [-0.39, 0.29) is 22.3 Å². The number of aromatic nitrogens is 3. The maximum atomic E-state index is 12.8. The van der Waals surface area contributed by atoms with Crippen molar-refractivity contribution in [2.75, 3.05) is 11.1 Å². The Balaban J connectivity index is 1.43. The van der Waals surface area contributed by atoms with Crippen molar-refractivity contribution in [3.63, 3.8) is 0 Å². The van der Waals surface area contributed by atoms with Gasteiger partial charge < -0.3 is 9.88 Å². The average Bonchev–Trinajstić information content (AvgIpc) is 3.37. The summed E-state index contributed by atoms with van der Waals surface area (Å²) < 4.78 is 27.4. The van der Waals surface area contributed by atoms with Crippen LogP contribution in [0.25, 0.3) is 0 Å². The van der Waals surface area contributed by atoms with Gasteiger partial charge in [0.25, 0.3) is 0 Å². The molecular formula is C23H25N5O3S3. The van der Waals surface area contributed by atoms with Gasteiger partial charge in [0, 0.05) is 11.4 Å². The Labute approximate surface area is 207 Å². The lowest BCUT2D eigenvalue weighted by Gasteiger charge is -2.09. The zero-order chi connectivity index (χ0) is 24.3. The third-order valence-corrected chi connectivity index (χ3v) is 9.48. The summed E-state index contributed by atoms with van der Waals surface area (Å²) in [6.45, 7) is 4.26. The molecule has 1 aliphatic carbocycles. The van der Waals surface area contributed by atoms with Crippen LogP contribution in [-0.4, -0.2) is 34.8 Å². The maximum Gasteiger partial charge on any atom is 0.235 e. The van der Waals surface area contributed by atoms with Crippen molar-refractivity contribution in [2.24, 2.45) is 0 Å². The molecule has 1 aliphatic rings. The molecule has 3 aromatic rings. The highest BCUT2D eigenvalue weighted by Crippen LogP contribution is 2.37. The number of aryl methyl sites for hydroxylation is 2. The van der Waals surface area contributed by atoms with E-state index in [1.54, 1.807) is 28.8 Å². The number of carbonyl (C=O) groups excluding carboxylic acids is 1. The second-order valence-electron chi connectivity index (χ2n) is 8.08. The number of benzene rings is 1. The number of carbonyl (C=O) groups is 1. The van der Waals surface area contributed by atoms with E-state index in [9.17, 15) is 18.5 Å². The first-order chi connectivity index (χ1) is 16.3. The molecule has 0 unspecified atom stereocenters. The highest BCUT2D eigenvalue weighted by molar-refractivity contribution is 7.99. The lowest BCUT2D eigenvalue weighted by molar-refractivity contribution is -0.113. The average molecular weight is 516 g/mol. The van der Waals surface area contributed by atoms with E-state index < -0.39 is 9.84 Å². The highest BCUT2D eigenvalue weighted by atomic mass is 32.2. The smallest absolute Gasteiger partial charge is 0.235 e. The minimum atomic E-state index is -3.57. The summed E-state index contributed by atoms with van der Waals surface area (Å²) in [7, 11) is -3.57. The van der Waals surface area contributed by atoms with Crippen molar-refractivity contribution in [3.05, 3.63) is 51.7 Å². The van der Waals surface area contributed by atoms with E-state index >= 15 is 0 Å². The number of hydrogen-bond acceptors (Lipinski definition) is 8. The summed E-state index contributed by atoms with van der Waals surface area (Å²) in [6.07, 6.45) is 4.01. The van der Waals surface area contributed by atoms with Crippen LogP contribution in [0, 0.1) is 18.3 Å². The molecule has 4 rings (SSSR count). The first-order valence-electron chi connectivity index (χ1n) is 11.0. The maximum absolute atomic E-state index is 12.8. The molecule has 0 atom stereocenters. The first kappa shape index (κ1) is 24.4. The number of rotatable bonds is 8. The first-order valence-corrected chi connectivity index (χ1v) is 14.5. The fraction of sp³-hybridized carbons (Fsp3) is 0.391. The van der Waals surface area contributed by atoms with Crippen molar-refractivity contribution < 1.29 is 13.2 Å². The number of nitrogens with zero attached hydrogens (tertiary/aromatic N) is 4. The molecule has 1 N–H and O–H groups in total. The second-order valence-corrected chi connectivity index (χ2v) is 12.1. The third-order valence-electron chi connectivity index (χ3n) is 5.68. The predicted octanol–water partition coefficient (Wildman–Crippen LogP) is 4.12. The molecule has 1 amide bonds. The highest BCUT2D eigenvalue weighted by Gasteiger charge is 2.23. The predicted molar refractivity (Wildman–Crippen MR) is 133 cm³/mol. The molecular weight excluding hydrogens is 490 g/mol. The number of fused-ring (bicyclic) bond motifs is 1. The summed E-state index contributed by atoms with van der Waals surface area (Å²) in [5.41, 5.74) is 2.64. The van der Waals surface area contributed by atoms with E-state index in [0.717, 1.165) is 36.8 Å². The number of anilines is 1. The number of nitrogens with one attached hydrogen (secondary N) is 1. The topological polar surface area (TPSA) is 118 Å². The van der Waals surface area contributed by atoms with Gasteiger partial charge >= 0.3 is 0 Å². The van der Waals surface area contributed by atoms with Gasteiger partial charge in [0.15, 0.2) is 15.0 Å². The molecule has 0 saturated carbocycles. The van der Waals surface area contributed by atoms with Crippen LogP contribution in [0.3, 0.4) is 0 Å². The van der Waals surface area contributed by atoms with Gasteiger partial charge in [-0.2, -0.15) is 5.26 Å². The summed E-state index contributed by atoms with van der Waals surface area (Å²) in [4.78, 5) is 14.1. The lowest BCUT2D eigenvalue weighted by atomic mass is 9.96. The van der Waals surface area contributed by atoms with Crippen molar-refractivity contribution in [1.29, 1.82) is 5.26 Å². The Morgan fingerprint density at radius 1 is 1.24 bits per heavy atom. The SMILES string of the molecule is CCn1c(CS(=O)(=O)c2ccc(C)cc2)nnc1SCC(=O)Nc1sc2c(c1C#N)CCCC2. The molecule has 11 heteroatoms. The van der Waals surface area contributed by atoms with Gasteiger partial charge in [-0.3, -0.25) is 4.79 Å². The third kappa shape index (κ3) is 5.19.